The van der Waals surface area contributed by atoms with Gasteiger partial charge in [0.2, 0.25) is 0 Å². The molecule has 0 spiro atoms. The topological polar surface area (TPSA) is 91.0 Å². The lowest BCUT2D eigenvalue weighted by Crippen LogP contribution is -2.21. The van der Waals surface area contributed by atoms with Crippen LogP contribution in [0.5, 0.6) is 5.88 Å². The van der Waals surface area contributed by atoms with Crippen molar-refractivity contribution in [3.63, 3.8) is 0 Å². The molecule has 1 aliphatic carbocycles. The number of imidazole rings is 1. The van der Waals surface area contributed by atoms with Gasteiger partial charge >= 0.3 is 5.95 Å². The van der Waals surface area contributed by atoms with Crippen molar-refractivity contribution in [1.29, 1.82) is 0 Å². The van der Waals surface area contributed by atoms with Crippen molar-refractivity contribution in [3.8, 4) is 5.88 Å². The molecule has 0 saturated carbocycles. The third-order valence-electron chi connectivity index (χ3n) is 3.16. The highest BCUT2D eigenvalue weighted by Gasteiger charge is 2.17. The highest BCUT2D eigenvalue weighted by Crippen LogP contribution is 2.21. The van der Waals surface area contributed by atoms with Crippen molar-refractivity contribution in [2.75, 3.05) is 12.3 Å². The van der Waals surface area contributed by atoms with Crippen LogP contribution in [-0.4, -0.2) is 21.6 Å². The van der Waals surface area contributed by atoms with E-state index in [2.05, 4.69) is 32.1 Å². The number of ether oxygens (including phenoxy) is 1. The van der Waals surface area contributed by atoms with Crippen LogP contribution in [0.3, 0.4) is 0 Å². The number of nitrogens with one attached hydrogen (secondary N) is 2. The van der Waals surface area contributed by atoms with Gasteiger partial charge in [0.15, 0.2) is 5.52 Å². The van der Waals surface area contributed by atoms with Crippen molar-refractivity contribution < 1.29 is 9.72 Å². The highest BCUT2D eigenvalue weighted by atomic mass is 16.5. The summed E-state index contributed by atoms with van der Waals surface area (Å²) in [5, 5.41) is 0. The molecule has 0 bridgehead atoms. The molecule has 0 saturated heterocycles. The summed E-state index contributed by atoms with van der Waals surface area (Å²) < 4.78 is 5.82. The molecule has 1 unspecified atom stereocenters. The van der Waals surface area contributed by atoms with E-state index in [1.54, 1.807) is 6.33 Å². The number of rotatable bonds is 3. The Hall–Kier alpha value is -2.11. The number of nitrogen functional groups attached to an aromatic ring is 1. The first-order valence-electron chi connectivity index (χ1n) is 6.12. The fourth-order valence-corrected chi connectivity index (χ4v) is 2.18. The minimum Gasteiger partial charge on any atom is -0.466 e. The average Bonchev–Trinajstić information content (AvgIpc) is 2.85. The second-order valence-corrected chi connectivity index (χ2v) is 4.51. The predicted molar refractivity (Wildman–Crippen MR) is 66.8 cm³/mol. The Balaban J connectivity index is 1.77. The molecule has 4 N–H and O–H groups in total. The van der Waals surface area contributed by atoms with E-state index in [9.17, 15) is 0 Å². The third kappa shape index (κ3) is 2.13. The second kappa shape index (κ2) is 4.64. The Morgan fingerprint density at radius 2 is 2.44 bits per heavy atom. The minimum atomic E-state index is 0.313. The Kier molecular flexibility index (Phi) is 2.84. The van der Waals surface area contributed by atoms with Crippen LogP contribution >= 0.6 is 0 Å². The summed E-state index contributed by atoms with van der Waals surface area (Å²) in [4.78, 5) is 14.1. The second-order valence-electron chi connectivity index (χ2n) is 4.51. The molecule has 2 aromatic rings. The zero-order chi connectivity index (χ0) is 12.4. The standard InChI is InChI=1S/C12H15N5O/c13-12-16-10-9(14-7-15-10)11(17-12)18-6-8-4-2-1-3-5-8/h1-2,7-8H,3-6H2,(H3,13,14,15,16,17)/p+1. The van der Waals surface area contributed by atoms with Crippen LogP contribution in [0.2, 0.25) is 0 Å². The fraction of sp³-hybridized carbons (Fsp3) is 0.417. The number of nitrogens with zero attached hydrogens (tertiary/aromatic N) is 2. The Bertz CT molecular complexity index is 577. The van der Waals surface area contributed by atoms with E-state index in [1.807, 2.05) is 0 Å². The maximum atomic E-state index is 5.82. The molecule has 1 aliphatic rings. The summed E-state index contributed by atoms with van der Waals surface area (Å²) >= 11 is 0. The Labute approximate surface area is 104 Å². The van der Waals surface area contributed by atoms with E-state index in [1.165, 1.54) is 6.42 Å². The van der Waals surface area contributed by atoms with Gasteiger partial charge in [-0.25, -0.2) is 9.97 Å². The van der Waals surface area contributed by atoms with E-state index in [4.69, 9.17) is 10.5 Å². The van der Waals surface area contributed by atoms with Gasteiger partial charge in [0.25, 0.3) is 11.5 Å². The highest BCUT2D eigenvalue weighted by molar-refractivity contribution is 5.74. The molecule has 1 atom stereocenters. The summed E-state index contributed by atoms with van der Waals surface area (Å²) in [6.07, 6.45) is 9.40. The van der Waals surface area contributed by atoms with Crippen molar-refractivity contribution in [2.45, 2.75) is 19.3 Å². The SMILES string of the molecule is Nc1nc2nc[nH]c2c(OCC2CC=CCC2)[nH+]1. The Morgan fingerprint density at radius 1 is 1.50 bits per heavy atom. The van der Waals surface area contributed by atoms with Gasteiger partial charge in [0.05, 0.1) is 12.9 Å². The van der Waals surface area contributed by atoms with Crippen LogP contribution in [0.1, 0.15) is 19.3 Å². The third-order valence-corrected chi connectivity index (χ3v) is 3.16. The smallest absolute Gasteiger partial charge is 0.392 e. The van der Waals surface area contributed by atoms with E-state index in [0.717, 1.165) is 18.4 Å². The molecule has 18 heavy (non-hydrogen) atoms. The van der Waals surface area contributed by atoms with Gasteiger partial charge in [0, 0.05) is 0 Å². The first-order valence-corrected chi connectivity index (χ1v) is 6.12. The van der Waals surface area contributed by atoms with Crippen LogP contribution in [0, 0.1) is 5.92 Å². The van der Waals surface area contributed by atoms with Crippen molar-refractivity contribution in [2.24, 2.45) is 5.92 Å². The molecule has 3 rings (SSSR count). The lowest BCUT2D eigenvalue weighted by atomic mass is 9.95. The van der Waals surface area contributed by atoms with Crippen LogP contribution in [-0.2, 0) is 0 Å². The molecule has 0 aliphatic heterocycles. The lowest BCUT2D eigenvalue weighted by Gasteiger charge is -2.17. The molecule has 6 nitrogen and oxygen atoms in total. The molecule has 94 valence electrons. The van der Waals surface area contributed by atoms with Crippen LogP contribution in [0.15, 0.2) is 18.5 Å². The normalized spacial score (nSPS) is 19.2. The summed E-state index contributed by atoms with van der Waals surface area (Å²) in [5.74, 6) is 1.49. The average molecular weight is 246 g/mol. The quantitative estimate of drug-likeness (QED) is 0.793. The number of allylic oxidation sites excluding steroid dienone is 2. The van der Waals surface area contributed by atoms with Gasteiger partial charge in [-0.15, -0.1) is 0 Å². The number of aromatic amines is 2. The minimum absolute atomic E-state index is 0.313. The molecule has 0 fully saturated rings. The van der Waals surface area contributed by atoms with Gasteiger partial charge in [-0.1, -0.05) is 12.2 Å². The van der Waals surface area contributed by atoms with Gasteiger partial charge in [0.1, 0.15) is 0 Å². The summed E-state index contributed by atoms with van der Waals surface area (Å²) in [6.45, 7) is 0.679. The van der Waals surface area contributed by atoms with Crippen LogP contribution < -0.4 is 15.5 Å². The number of H-pyrrole nitrogens is 2. The maximum Gasteiger partial charge on any atom is 0.392 e. The van der Waals surface area contributed by atoms with Crippen molar-refractivity contribution in [3.05, 3.63) is 18.5 Å². The van der Waals surface area contributed by atoms with E-state index in [0.29, 0.717) is 30.0 Å². The number of fused-ring (bicyclic) bond motifs is 1. The van der Waals surface area contributed by atoms with Gasteiger partial charge < -0.3 is 9.72 Å². The molecular formula is C12H16N5O+. The van der Waals surface area contributed by atoms with Gasteiger partial charge in [-0.05, 0) is 30.2 Å². The Morgan fingerprint density at radius 3 is 3.28 bits per heavy atom. The summed E-state index contributed by atoms with van der Waals surface area (Å²) in [5.41, 5.74) is 7.01. The first kappa shape index (κ1) is 11.0. The van der Waals surface area contributed by atoms with Gasteiger partial charge in [-0.3, -0.25) is 5.73 Å². The van der Waals surface area contributed by atoms with E-state index in [-0.39, 0.29) is 0 Å². The number of nitrogens with two attached hydrogens (primary N) is 1. The molecule has 0 radical (unpaired) electrons. The van der Waals surface area contributed by atoms with E-state index < -0.39 is 0 Å². The monoisotopic (exact) mass is 246 g/mol. The molecule has 0 amide bonds. The fourth-order valence-electron chi connectivity index (χ4n) is 2.18. The van der Waals surface area contributed by atoms with Crippen molar-refractivity contribution in [1.82, 2.24) is 15.0 Å². The summed E-state index contributed by atoms with van der Waals surface area (Å²) in [6, 6.07) is 0. The lowest BCUT2D eigenvalue weighted by molar-refractivity contribution is -0.379. The molecule has 2 aromatic heterocycles. The van der Waals surface area contributed by atoms with Crippen molar-refractivity contribution >= 4 is 17.1 Å². The van der Waals surface area contributed by atoms with E-state index >= 15 is 0 Å². The number of anilines is 1. The summed E-state index contributed by atoms with van der Waals surface area (Å²) in [7, 11) is 0. The van der Waals surface area contributed by atoms with Crippen LogP contribution in [0.25, 0.3) is 11.2 Å². The molecule has 2 heterocycles. The molecular weight excluding hydrogens is 230 g/mol. The number of hydrogen-bond donors (Lipinski definition) is 2. The van der Waals surface area contributed by atoms with Crippen LogP contribution in [0.4, 0.5) is 5.95 Å². The maximum absolute atomic E-state index is 5.82. The van der Waals surface area contributed by atoms with Gasteiger partial charge in [-0.2, -0.15) is 0 Å². The zero-order valence-electron chi connectivity index (χ0n) is 10.0. The molecule has 0 aromatic carbocycles. The largest absolute Gasteiger partial charge is 0.466 e. The number of hydrogen-bond acceptors (Lipinski definition) is 4. The number of aromatic nitrogens is 4. The zero-order valence-corrected chi connectivity index (χ0v) is 10.0. The predicted octanol–water partition coefficient (Wildman–Crippen LogP) is 1.09. The molecule has 6 heteroatoms. The first-order chi connectivity index (χ1) is 8.83.